The summed E-state index contributed by atoms with van der Waals surface area (Å²) < 4.78 is 10.8. The lowest BCUT2D eigenvalue weighted by atomic mass is 9.85. The van der Waals surface area contributed by atoms with Crippen LogP contribution >= 0.6 is 11.3 Å². The van der Waals surface area contributed by atoms with Gasteiger partial charge >= 0.3 is 5.97 Å². The third-order valence-electron chi connectivity index (χ3n) is 8.21. The van der Waals surface area contributed by atoms with E-state index in [-0.39, 0.29) is 77.5 Å². The standard InChI is InChI=1S/C34H45N5O10S/c1-21-30(50-20-36-21)23-7-5-22(6-8-23)18-35-32(45)25-17-24(40)19-38(25)33(46)31(34(2,3)4)37-26(41)11-13-47-15-16-48-14-12-29(44)49-39-27(42)9-10-28(39)43/h5-8,20,24-25,31,40H,9-19H2,1-4H3,(H,35,45)(H,37,41)/t24-,25+,31?/m1/s1. The van der Waals surface area contributed by atoms with Gasteiger partial charge in [-0.3, -0.25) is 24.0 Å². The predicted octanol–water partition coefficient (Wildman–Crippen LogP) is 1.65. The number of benzene rings is 1. The third kappa shape index (κ3) is 10.6. The van der Waals surface area contributed by atoms with Crippen molar-refractivity contribution in [1.29, 1.82) is 0 Å². The summed E-state index contributed by atoms with van der Waals surface area (Å²) in [5, 5.41) is 16.6. The zero-order valence-electron chi connectivity index (χ0n) is 28.8. The second-order valence-corrected chi connectivity index (χ2v) is 14.1. The molecule has 1 aromatic heterocycles. The molecule has 1 aromatic carbocycles. The van der Waals surface area contributed by atoms with Crippen LogP contribution < -0.4 is 10.6 Å². The topological polar surface area (TPSA) is 194 Å². The first-order chi connectivity index (χ1) is 23.7. The number of aryl methyl sites for hydroxylation is 1. The molecule has 2 aromatic rings. The van der Waals surface area contributed by atoms with E-state index in [0.717, 1.165) is 21.7 Å². The van der Waals surface area contributed by atoms with Gasteiger partial charge in [0.1, 0.15) is 12.1 Å². The normalized spacial score (nSPS) is 18.3. The van der Waals surface area contributed by atoms with E-state index in [0.29, 0.717) is 5.06 Å². The number of hydrogen-bond acceptors (Lipinski definition) is 12. The number of nitrogens with one attached hydrogen (secondary N) is 2. The van der Waals surface area contributed by atoms with Gasteiger partial charge in [-0.1, -0.05) is 45.0 Å². The van der Waals surface area contributed by atoms with E-state index in [2.05, 4.69) is 15.6 Å². The number of β-amino-alcohol motifs (C(OH)–C–C–N with tert-alkyl or cyclic N) is 1. The molecule has 3 heterocycles. The first-order valence-electron chi connectivity index (χ1n) is 16.5. The maximum Gasteiger partial charge on any atom is 0.335 e. The van der Waals surface area contributed by atoms with Crippen molar-refractivity contribution in [1.82, 2.24) is 25.6 Å². The number of carbonyl (C=O) groups excluding carboxylic acids is 6. The minimum atomic E-state index is -0.965. The molecule has 0 bridgehead atoms. The van der Waals surface area contributed by atoms with Crippen LogP contribution in [0.3, 0.4) is 0 Å². The second-order valence-electron chi connectivity index (χ2n) is 13.2. The molecule has 3 atom stereocenters. The van der Waals surface area contributed by atoms with E-state index in [1.54, 1.807) is 37.6 Å². The van der Waals surface area contributed by atoms with E-state index in [1.807, 2.05) is 31.2 Å². The van der Waals surface area contributed by atoms with Gasteiger partial charge in [0.25, 0.3) is 11.8 Å². The van der Waals surface area contributed by atoms with Gasteiger partial charge in [-0.25, -0.2) is 9.78 Å². The monoisotopic (exact) mass is 715 g/mol. The van der Waals surface area contributed by atoms with Gasteiger partial charge in [0.05, 0.1) is 55.0 Å². The lowest BCUT2D eigenvalue weighted by Crippen LogP contribution is -2.57. The first kappa shape index (κ1) is 38.6. The maximum atomic E-state index is 13.8. The number of rotatable bonds is 16. The highest BCUT2D eigenvalue weighted by molar-refractivity contribution is 7.13. The Labute approximate surface area is 294 Å². The van der Waals surface area contributed by atoms with Crippen molar-refractivity contribution in [3.8, 4) is 10.4 Å². The Morgan fingerprint density at radius 3 is 2.24 bits per heavy atom. The number of hydrogen-bond donors (Lipinski definition) is 3. The van der Waals surface area contributed by atoms with Crippen LogP contribution in [0.5, 0.6) is 0 Å². The summed E-state index contributed by atoms with van der Waals surface area (Å²) in [5.74, 6) is -3.16. The van der Waals surface area contributed by atoms with Gasteiger partial charge in [0.2, 0.25) is 17.7 Å². The van der Waals surface area contributed by atoms with E-state index in [9.17, 15) is 33.9 Å². The number of ether oxygens (including phenoxy) is 2. The van der Waals surface area contributed by atoms with Crippen LogP contribution in [0.15, 0.2) is 29.8 Å². The van der Waals surface area contributed by atoms with Crippen LogP contribution in [0, 0.1) is 12.3 Å². The summed E-state index contributed by atoms with van der Waals surface area (Å²) in [7, 11) is 0. The predicted molar refractivity (Wildman–Crippen MR) is 180 cm³/mol. The molecule has 15 nitrogen and oxygen atoms in total. The molecule has 5 amide bonds. The van der Waals surface area contributed by atoms with Gasteiger partial charge in [0, 0.05) is 38.8 Å². The molecule has 1 unspecified atom stereocenters. The van der Waals surface area contributed by atoms with Crippen molar-refractivity contribution in [2.45, 2.75) is 84.5 Å². The number of likely N-dealkylation sites (tertiary alicyclic amines) is 1. The molecule has 0 aliphatic carbocycles. The number of hydroxylamine groups is 2. The molecule has 0 radical (unpaired) electrons. The number of nitrogens with zero attached hydrogens (tertiary/aromatic N) is 3. The van der Waals surface area contributed by atoms with Crippen LogP contribution in [0.1, 0.15) is 64.1 Å². The highest BCUT2D eigenvalue weighted by Gasteiger charge is 2.44. The Hall–Kier alpha value is -4.25. The van der Waals surface area contributed by atoms with Crippen molar-refractivity contribution < 1.29 is 48.2 Å². The van der Waals surface area contributed by atoms with Crippen LogP contribution in [-0.2, 0) is 49.6 Å². The molecular weight excluding hydrogens is 670 g/mol. The minimum Gasteiger partial charge on any atom is -0.391 e. The molecular formula is C34H45N5O10S. The summed E-state index contributed by atoms with van der Waals surface area (Å²) >= 11 is 1.56. The summed E-state index contributed by atoms with van der Waals surface area (Å²) in [6.45, 7) is 7.86. The second kappa shape index (κ2) is 17.6. The quantitative estimate of drug-likeness (QED) is 0.169. The van der Waals surface area contributed by atoms with E-state index >= 15 is 0 Å². The molecule has 2 aliphatic rings. The number of imide groups is 1. The molecule has 272 valence electrons. The fraction of sp³-hybridized carbons (Fsp3) is 0.559. The third-order valence-corrected chi connectivity index (χ3v) is 9.18. The molecule has 16 heteroatoms. The minimum absolute atomic E-state index is 0.0130. The fourth-order valence-electron chi connectivity index (χ4n) is 5.46. The van der Waals surface area contributed by atoms with Crippen molar-refractivity contribution in [2.24, 2.45) is 5.41 Å². The summed E-state index contributed by atoms with van der Waals surface area (Å²) in [4.78, 5) is 86.2. The van der Waals surface area contributed by atoms with E-state index in [1.165, 1.54) is 4.90 Å². The lowest BCUT2D eigenvalue weighted by Gasteiger charge is -2.35. The zero-order valence-corrected chi connectivity index (χ0v) is 29.6. The fourth-order valence-corrected chi connectivity index (χ4v) is 6.27. The lowest BCUT2D eigenvalue weighted by molar-refractivity contribution is -0.198. The van der Waals surface area contributed by atoms with Crippen molar-refractivity contribution in [2.75, 3.05) is 33.0 Å². The molecule has 0 saturated carbocycles. The Bertz CT molecular complexity index is 1520. The van der Waals surface area contributed by atoms with Gasteiger partial charge < -0.3 is 35.0 Å². The number of thiazole rings is 1. The smallest absolute Gasteiger partial charge is 0.335 e. The van der Waals surface area contributed by atoms with E-state index < -0.39 is 53.2 Å². The Morgan fingerprint density at radius 1 is 1.00 bits per heavy atom. The Balaban J connectivity index is 1.19. The molecule has 2 aliphatic heterocycles. The van der Waals surface area contributed by atoms with Crippen LogP contribution in [0.4, 0.5) is 0 Å². The highest BCUT2D eigenvalue weighted by atomic mass is 32.1. The molecule has 3 N–H and O–H groups in total. The molecule has 0 spiro atoms. The average Bonchev–Trinajstić information content (AvgIpc) is 3.77. The average molecular weight is 716 g/mol. The SMILES string of the molecule is Cc1ncsc1-c1ccc(CNC(=O)[C@@H]2C[C@@H](O)CN2C(=O)C(NC(=O)CCOCCOCCC(=O)ON2C(=O)CCC2=O)C(C)(C)C)cc1. The number of aliphatic hydroxyl groups is 1. The van der Waals surface area contributed by atoms with Crippen molar-refractivity contribution in [3.63, 3.8) is 0 Å². The maximum absolute atomic E-state index is 13.8. The van der Waals surface area contributed by atoms with Crippen molar-refractivity contribution >= 4 is 46.8 Å². The van der Waals surface area contributed by atoms with Gasteiger partial charge in [-0.15, -0.1) is 16.4 Å². The Morgan fingerprint density at radius 2 is 1.64 bits per heavy atom. The Kier molecular flexibility index (Phi) is 13.6. The number of aliphatic hydroxyl groups excluding tert-OH is 1. The zero-order chi connectivity index (χ0) is 36.4. The molecule has 2 saturated heterocycles. The van der Waals surface area contributed by atoms with Gasteiger partial charge in [0.15, 0.2) is 0 Å². The van der Waals surface area contributed by atoms with Crippen LogP contribution in [-0.4, -0.2) is 107 Å². The largest absolute Gasteiger partial charge is 0.391 e. The summed E-state index contributed by atoms with van der Waals surface area (Å²) in [5.41, 5.74) is 3.97. The van der Waals surface area contributed by atoms with Crippen molar-refractivity contribution in [3.05, 3.63) is 41.0 Å². The first-order valence-corrected chi connectivity index (χ1v) is 17.4. The summed E-state index contributed by atoms with van der Waals surface area (Å²) in [6, 6.07) is 5.94. The molecule has 2 fully saturated rings. The number of amides is 5. The molecule has 50 heavy (non-hydrogen) atoms. The summed E-state index contributed by atoms with van der Waals surface area (Å²) in [6.07, 6.45) is -0.982. The van der Waals surface area contributed by atoms with Gasteiger partial charge in [-0.05, 0) is 23.5 Å². The number of aromatic nitrogens is 1. The highest BCUT2D eigenvalue weighted by Crippen LogP contribution is 2.28. The van der Waals surface area contributed by atoms with E-state index in [4.69, 9.17) is 14.3 Å². The number of carbonyl (C=O) groups is 6. The van der Waals surface area contributed by atoms with Gasteiger partial charge in [-0.2, -0.15) is 0 Å². The van der Waals surface area contributed by atoms with Crippen LogP contribution in [0.2, 0.25) is 0 Å². The van der Waals surface area contributed by atoms with Crippen LogP contribution in [0.25, 0.3) is 10.4 Å². The molecule has 4 rings (SSSR count).